The lowest BCUT2D eigenvalue weighted by Gasteiger charge is -1.99. The smallest absolute Gasteiger partial charge is 0.167 e. The molecule has 76 valence electrons. The third kappa shape index (κ3) is 2.77. The van der Waals surface area contributed by atoms with E-state index in [-0.39, 0.29) is 5.56 Å². The van der Waals surface area contributed by atoms with E-state index in [0.717, 1.165) is 12.3 Å². The van der Waals surface area contributed by atoms with Gasteiger partial charge >= 0.3 is 0 Å². The van der Waals surface area contributed by atoms with Gasteiger partial charge in [-0.25, -0.2) is 8.78 Å². The van der Waals surface area contributed by atoms with Gasteiger partial charge in [0.2, 0.25) is 0 Å². The first kappa shape index (κ1) is 11.1. The molecule has 0 spiro atoms. The summed E-state index contributed by atoms with van der Waals surface area (Å²) in [4.78, 5) is 4.64. The maximum absolute atomic E-state index is 13.1. The molecule has 0 aliphatic carbocycles. The van der Waals surface area contributed by atoms with Crippen LogP contribution in [0.1, 0.15) is 12.5 Å². The molecule has 5 heteroatoms. The van der Waals surface area contributed by atoms with Gasteiger partial charge in [-0.1, -0.05) is 21.1 Å². The molecule has 1 aromatic rings. The van der Waals surface area contributed by atoms with E-state index in [0.29, 0.717) is 11.1 Å². The molecular weight excluding hydrogens is 256 g/mol. The Labute approximate surface area is 88.7 Å². The first-order chi connectivity index (χ1) is 6.65. The molecule has 0 atom stereocenters. The largest absolute Gasteiger partial charge is 0.396 e. The van der Waals surface area contributed by atoms with Gasteiger partial charge in [-0.05, 0) is 19.1 Å². The summed E-state index contributed by atoms with van der Waals surface area (Å²) in [5, 5.41) is 3.45. The monoisotopic (exact) mass is 263 g/mol. The number of hydrogen-bond donors (Lipinski definition) is 0. The Bertz CT molecular complexity index is 355. The van der Waals surface area contributed by atoms with Crippen molar-refractivity contribution in [2.24, 2.45) is 5.16 Å². The lowest BCUT2D eigenvalue weighted by molar-refractivity contribution is 0.160. The molecule has 0 unspecified atom stereocenters. The van der Waals surface area contributed by atoms with E-state index >= 15 is 0 Å². The standard InChI is InChI=1S/C9H8BrF2NO/c1-2-14-13-5-6-3-7(10)4-8(11)9(6)12/h3-5H,2H2,1H3. The average Bonchev–Trinajstić information content (AvgIpc) is 2.13. The zero-order chi connectivity index (χ0) is 10.6. The summed E-state index contributed by atoms with van der Waals surface area (Å²) in [6.07, 6.45) is 1.13. The summed E-state index contributed by atoms with van der Waals surface area (Å²) in [7, 11) is 0. The molecule has 0 aliphatic rings. The van der Waals surface area contributed by atoms with Crippen LogP contribution in [0, 0.1) is 11.6 Å². The van der Waals surface area contributed by atoms with E-state index < -0.39 is 11.6 Å². The molecule has 0 amide bonds. The van der Waals surface area contributed by atoms with Crippen LogP contribution >= 0.6 is 15.9 Å². The zero-order valence-electron chi connectivity index (χ0n) is 7.43. The minimum atomic E-state index is -0.934. The summed E-state index contributed by atoms with van der Waals surface area (Å²) in [6.45, 7) is 2.13. The topological polar surface area (TPSA) is 21.6 Å². The second kappa shape index (κ2) is 5.05. The average molecular weight is 264 g/mol. The molecule has 0 fully saturated rings. The molecule has 14 heavy (non-hydrogen) atoms. The first-order valence-corrected chi connectivity index (χ1v) is 4.74. The van der Waals surface area contributed by atoms with Crippen molar-refractivity contribution >= 4 is 22.1 Å². The van der Waals surface area contributed by atoms with Crippen molar-refractivity contribution in [2.45, 2.75) is 6.92 Å². The third-order valence-corrected chi connectivity index (χ3v) is 1.87. The number of rotatable bonds is 3. The summed E-state index contributed by atoms with van der Waals surface area (Å²) >= 11 is 3.05. The van der Waals surface area contributed by atoms with Crippen molar-refractivity contribution in [3.63, 3.8) is 0 Å². The molecule has 0 saturated carbocycles. The fourth-order valence-electron chi connectivity index (χ4n) is 0.838. The minimum Gasteiger partial charge on any atom is -0.396 e. The van der Waals surface area contributed by atoms with E-state index in [1.165, 1.54) is 6.07 Å². The Morgan fingerprint density at radius 2 is 2.21 bits per heavy atom. The molecule has 0 radical (unpaired) electrons. The van der Waals surface area contributed by atoms with Crippen LogP contribution < -0.4 is 0 Å². The Hall–Kier alpha value is -0.970. The normalized spacial score (nSPS) is 10.9. The van der Waals surface area contributed by atoms with Crippen LogP contribution in [0.5, 0.6) is 0 Å². The zero-order valence-corrected chi connectivity index (χ0v) is 9.01. The Morgan fingerprint density at radius 1 is 1.50 bits per heavy atom. The van der Waals surface area contributed by atoms with E-state index in [2.05, 4.69) is 25.9 Å². The van der Waals surface area contributed by atoms with E-state index in [4.69, 9.17) is 0 Å². The molecule has 0 heterocycles. The van der Waals surface area contributed by atoms with Crippen LogP contribution in [-0.4, -0.2) is 12.8 Å². The van der Waals surface area contributed by atoms with Gasteiger partial charge in [-0.2, -0.15) is 0 Å². The van der Waals surface area contributed by atoms with Crippen molar-refractivity contribution < 1.29 is 13.6 Å². The quantitative estimate of drug-likeness (QED) is 0.467. The van der Waals surface area contributed by atoms with Gasteiger partial charge in [-0.15, -0.1) is 0 Å². The highest BCUT2D eigenvalue weighted by Crippen LogP contribution is 2.17. The van der Waals surface area contributed by atoms with E-state index in [1.807, 2.05) is 0 Å². The van der Waals surface area contributed by atoms with Crippen molar-refractivity contribution in [3.8, 4) is 0 Å². The summed E-state index contributed by atoms with van der Waals surface area (Å²) in [5.74, 6) is -1.85. The number of oxime groups is 1. The molecule has 0 aliphatic heterocycles. The van der Waals surface area contributed by atoms with Crippen molar-refractivity contribution in [2.75, 3.05) is 6.61 Å². The van der Waals surface area contributed by atoms with Crippen molar-refractivity contribution in [1.29, 1.82) is 0 Å². The second-order valence-corrected chi connectivity index (χ2v) is 3.36. The Kier molecular flexibility index (Phi) is 4.00. The molecule has 0 bridgehead atoms. The Morgan fingerprint density at radius 3 is 2.86 bits per heavy atom. The summed E-state index contributed by atoms with van der Waals surface area (Å²) < 4.78 is 26.4. The Balaban J connectivity index is 2.96. The number of halogens is 3. The highest BCUT2D eigenvalue weighted by molar-refractivity contribution is 9.10. The van der Waals surface area contributed by atoms with Crippen LogP contribution in [-0.2, 0) is 4.84 Å². The number of nitrogens with zero attached hydrogens (tertiary/aromatic N) is 1. The third-order valence-electron chi connectivity index (χ3n) is 1.42. The fraction of sp³-hybridized carbons (Fsp3) is 0.222. The van der Waals surface area contributed by atoms with Crippen LogP contribution in [0.4, 0.5) is 8.78 Å². The van der Waals surface area contributed by atoms with Crippen molar-refractivity contribution in [3.05, 3.63) is 33.8 Å². The van der Waals surface area contributed by atoms with Gasteiger partial charge in [0, 0.05) is 10.0 Å². The van der Waals surface area contributed by atoms with Gasteiger partial charge in [-0.3, -0.25) is 0 Å². The van der Waals surface area contributed by atoms with Crippen LogP contribution in [0.25, 0.3) is 0 Å². The molecular formula is C9H8BrF2NO. The predicted octanol–water partition coefficient (Wildman–Crippen LogP) is 3.10. The molecule has 1 rings (SSSR count). The van der Waals surface area contributed by atoms with Gasteiger partial charge in [0.1, 0.15) is 6.61 Å². The maximum Gasteiger partial charge on any atom is 0.167 e. The van der Waals surface area contributed by atoms with Gasteiger partial charge in [0.25, 0.3) is 0 Å². The summed E-state index contributed by atoms with van der Waals surface area (Å²) in [5.41, 5.74) is 0.0466. The molecule has 0 N–H and O–H groups in total. The second-order valence-electron chi connectivity index (χ2n) is 2.44. The fourth-order valence-corrected chi connectivity index (χ4v) is 1.29. The minimum absolute atomic E-state index is 0.0466. The summed E-state index contributed by atoms with van der Waals surface area (Å²) in [6, 6.07) is 2.47. The van der Waals surface area contributed by atoms with Crippen LogP contribution in [0.15, 0.2) is 21.8 Å². The molecule has 0 aromatic heterocycles. The molecule has 1 aromatic carbocycles. The van der Waals surface area contributed by atoms with Crippen molar-refractivity contribution in [1.82, 2.24) is 0 Å². The predicted molar refractivity (Wildman–Crippen MR) is 53.3 cm³/mol. The molecule has 2 nitrogen and oxygen atoms in total. The maximum atomic E-state index is 13.1. The highest BCUT2D eigenvalue weighted by Gasteiger charge is 2.07. The van der Waals surface area contributed by atoms with E-state index in [1.54, 1.807) is 6.92 Å². The van der Waals surface area contributed by atoms with Crippen LogP contribution in [0.3, 0.4) is 0 Å². The van der Waals surface area contributed by atoms with Gasteiger partial charge in [0.05, 0.1) is 6.21 Å². The van der Waals surface area contributed by atoms with E-state index in [9.17, 15) is 8.78 Å². The number of hydrogen-bond acceptors (Lipinski definition) is 2. The van der Waals surface area contributed by atoms with Crippen LogP contribution in [0.2, 0.25) is 0 Å². The lowest BCUT2D eigenvalue weighted by atomic mass is 10.2. The highest BCUT2D eigenvalue weighted by atomic mass is 79.9. The SMILES string of the molecule is CCON=Cc1cc(Br)cc(F)c1F. The van der Waals surface area contributed by atoms with Gasteiger partial charge in [0.15, 0.2) is 11.6 Å². The van der Waals surface area contributed by atoms with Gasteiger partial charge < -0.3 is 4.84 Å². The number of benzene rings is 1. The first-order valence-electron chi connectivity index (χ1n) is 3.95. The molecule has 0 saturated heterocycles. The lowest BCUT2D eigenvalue weighted by Crippen LogP contribution is -1.94.